The number of benzene rings is 2. The fourth-order valence-electron chi connectivity index (χ4n) is 2.96. The van der Waals surface area contributed by atoms with Crippen molar-refractivity contribution < 1.29 is 4.74 Å². The van der Waals surface area contributed by atoms with Crippen molar-refractivity contribution in [3.63, 3.8) is 0 Å². The van der Waals surface area contributed by atoms with Gasteiger partial charge in [-0.25, -0.2) is 4.98 Å². The van der Waals surface area contributed by atoms with Gasteiger partial charge in [-0.1, -0.05) is 48.5 Å². The Balaban J connectivity index is 1.71. The van der Waals surface area contributed by atoms with Crippen LogP contribution >= 0.6 is 0 Å². The number of para-hydroxylation sites is 1. The third-order valence-electron chi connectivity index (χ3n) is 4.29. The Morgan fingerprint density at radius 3 is 2.64 bits per heavy atom. The Labute approximate surface area is 163 Å². The van der Waals surface area contributed by atoms with Gasteiger partial charge in [0.05, 0.1) is 23.5 Å². The van der Waals surface area contributed by atoms with E-state index in [0.29, 0.717) is 19.1 Å². The topological polar surface area (TPSA) is 72.0 Å². The van der Waals surface area contributed by atoms with Crippen LogP contribution in [0.3, 0.4) is 0 Å². The molecule has 0 bridgehead atoms. The zero-order valence-electron chi connectivity index (χ0n) is 15.6. The lowest BCUT2D eigenvalue weighted by molar-refractivity contribution is 0.210. The Hall–Kier alpha value is -3.51. The largest absolute Gasteiger partial charge is 0.383 e. The maximum absolute atomic E-state index is 5.12. The number of ether oxygens (including phenoxy) is 1. The highest BCUT2D eigenvalue weighted by Gasteiger charge is 2.09. The molecule has 6 heteroatoms. The first-order chi connectivity index (χ1) is 13.8. The normalized spacial score (nSPS) is 10.8. The van der Waals surface area contributed by atoms with E-state index in [1.54, 1.807) is 13.3 Å². The highest BCUT2D eigenvalue weighted by molar-refractivity contribution is 5.91. The number of hydrogen-bond acceptors (Lipinski definition) is 6. The van der Waals surface area contributed by atoms with Gasteiger partial charge in [0.15, 0.2) is 0 Å². The van der Waals surface area contributed by atoms with Crippen LogP contribution in [0, 0.1) is 0 Å². The Morgan fingerprint density at radius 1 is 0.929 bits per heavy atom. The molecule has 140 valence electrons. The molecule has 0 aliphatic carbocycles. The fourth-order valence-corrected chi connectivity index (χ4v) is 2.96. The molecular formula is C22H21N5O. The quantitative estimate of drug-likeness (QED) is 0.466. The van der Waals surface area contributed by atoms with Crippen LogP contribution in [-0.4, -0.2) is 35.2 Å². The first-order valence-corrected chi connectivity index (χ1v) is 9.11. The van der Waals surface area contributed by atoms with Gasteiger partial charge in [-0.15, -0.1) is 0 Å². The van der Waals surface area contributed by atoms with Gasteiger partial charge >= 0.3 is 0 Å². The van der Waals surface area contributed by atoms with E-state index in [9.17, 15) is 0 Å². The number of nitrogens with zero attached hydrogens (tertiary/aromatic N) is 3. The van der Waals surface area contributed by atoms with Gasteiger partial charge in [0, 0.05) is 36.9 Å². The molecule has 0 fully saturated rings. The zero-order chi connectivity index (χ0) is 19.2. The molecule has 4 aromatic rings. The van der Waals surface area contributed by atoms with E-state index < -0.39 is 0 Å². The average Bonchev–Trinajstić information content (AvgIpc) is 2.75. The number of anilines is 3. The first-order valence-electron chi connectivity index (χ1n) is 9.11. The number of fused-ring (bicyclic) bond motifs is 1. The molecule has 6 nitrogen and oxygen atoms in total. The molecule has 0 radical (unpaired) electrons. The van der Waals surface area contributed by atoms with Crippen molar-refractivity contribution in [3.8, 4) is 11.3 Å². The summed E-state index contributed by atoms with van der Waals surface area (Å²) in [5.41, 5.74) is 3.61. The Morgan fingerprint density at radius 2 is 1.79 bits per heavy atom. The molecule has 28 heavy (non-hydrogen) atoms. The summed E-state index contributed by atoms with van der Waals surface area (Å²) >= 11 is 0. The summed E-state index contributed by atoms with van der Waals surface area (Å²) in [5, 5.41) is 7.68. The third-order valence-corrected chi connectivity index (χ3v) is 4.29. The van der Waals surface area contributed by atoms with Crippen LogP contribution in [0.25, 0.3) is 22.2 Å². The van der Waals surface area contributed by atoms with Crippen molar-refractivity contribution in [2.75, 3.05) is 30.9 Å². The molecule has 0 amide bonds. The number of pyridine rings is 1. The number of rotatable bonds is 7. The second kappa shape index (κ2) is 8.45. The molecular weight excluding hydrogens is 350 g/mol. The SMILES string of the molecule is COCCNc1cc(-c2ccccc2)nc(Nc2cccc3cccnc23)n1. The summed E-state index contributed by atoms with van der Waals surface area (Å²) in [6.07, 6.45) is 1.78. The minimum atomic E-state index is 0.513. The maximum Gasteiger partial charge on any atom is 0.229 e. The molecule has 0 saturated carbocycles. The van der Waals surface area contributed by atoms with Crippen molar-refractivity contribution in [2.24, 2.45) is 0 Å². The van der Waals surface area contributed by atoms with Crippen LogP contribution in [0.15, 0.2) is 72.9 Å². The molecule has 0 spiro atoms. The average molecular weight is 371 g/mol. The summed E-state index contributed by atoms with van der Waals surface area (Å²) in [4.78, 5) is 13.8. The highest BCUT2D eigenvalue weighted by Crippen LogP contribution is 2.26. The van der Waals surface area contributed by atoms with Gasteiger partial charge in [0.25, 0.3) is 0 Å². The van der Waals surface area contributed by atoms with Crippen LogP contribution < -0.4 is 10.6 Å². The first kappa shape index (κ1) is 17.9. The van der Waals surface area contributed by atoms with Crippen molar-refractivity contribution >= 4 is 28.4 Å². The lowest BCUT2D eigenvalue weighted by Gasteiger charge is -2.12. The number of hydrogen-bond donors (Lipinski definition) is 2. The monoisotopic (exact) mass is 371 g/mol. The predicted molar refractivity (Wildman–Crippen MR) is 113 cm³/mol. The smallest absolute Gasteiger partial charge is 0.229 e. The van der Waals surface area contributed by atoms with Crippen molar-refractivity contribution in [1.29, 1.82) is 0 Å². The minimum Gasteiger partial charge on any atom is -0.383 e. The molecule has 0 atom stereocenters. The molecule has 2 heterocycles. The number of methoxy groups -OCH3 is 1. The lowest BCUT2D eigenvalue weighted by Crippen LogP contribution is -2.10. The molecule has 0 unspecified atom stereocenters. The second-order valence-electron chi connectivity index (χ2n) is 6.25. The van der Waals surface area contributed by atoms with Gasteiger partial charge in [-0.2, -0.15) is 4.98 Å². The van der Waals surface area contributed by atoms with E-state index in [1.807, 2.05) is 66.7 Å². The standard InChI is InChI=1S/C22H21N5O/c1-28-14-13-23-20-15-19(16-7-3-2-4-8-16)26-22(27-20)25-18-11-5-9-17-10-6-12-24-21(17)18/h2-12,15H,13-14H2,1H3,(H2,23,25,26,27). The van der Waals surface area contributed by atoms with Gasteiger partial charge in [0.1, 0.15) is 5.82 Å². The van der Waals surface area contributed by atoms with Crippen LogP contribution in [-0.2, 0) is 4.74 Å². The van der Waals surface area contributed by atoms with Crippen LogP contribution in [0.2, 0.25) is 0 Å². The van der Waals surface area contributed by atoms with E-state index in [2.05, 4.69) is 20.6 Å². The van der Waals surface area contributed by atoms with E-state index in [0.717, 1.165) is 33.7 Å². The summed E-state index contributed by atoms with van der Waals surface area (Å²) in [6, 6.07) is 22.0. The molecule has 0 saturated heterocycles. The van der Waals surface area contributed by atoms with Crippen LogP contribution in [0.1, 0.15) is 0 Å². The molecule has 0 aliphatic heterocycles. The van der Waals surface area contributed by atoms with Crippen molar-refractivity contribution in [1.82, 2.24) is 15.0 Å². The van der Waals surface area contributed by atoms with Gasteiger partial charge in [-0.3, -0.25) is 4.98 Å². The molecule has 2 N–H and O–H groups in total. The van der Waals surface area contributed by atoms with Crippen molar-refractivity contribution in [3.05, 3.63) is 72.9 Å². The summed E-state index contributed by atoms with van der Waals surface area (Å²) in [6.45, 7) is 1.26. The highest BCUT2D eigenvalue weighted by atomic mass is 16.5. The van der Waals surface area contributed by atoms with Gasteiger partial charge in [0.2, 0.25) is 5.95 Å². The van der Waals surface area contributed by atoms with Crippen LogP contribution in [0.4, 0.5) is 17.5 Å². The summed E-state index contributed by atoms with van der Waals surface area (Å²) < 4.78 is 5.12. The predicted octanol–water partition coefficient (Wildman–Crippen LogP) is 4.49. The maximum atomic E-state index is 5.12. The molecule has 0 aliphatic rings. The van der Waals surface area contributed by atoms with Crippen LogP contribution in [0.5, 0.6) is 0 Å². The van der Waals surface area contributed by atoms with Gasteiger partial charge < -0.3 is 15.4 Å². The zero-order valence-corrected chi connectivity index (χ0v) is 15.6. The Bertz CT molecular complexity index is 1060. The summed E-state index contributed by atoms with van der Waals surface area (Å²) in [7, 11) is 1.68. The van der Waals surface area contributed by atoms with Gasteiger partial charge in [-0.05, 0) is 12.1 Å². The van der Waals surface area contributed by atoms with E-state index in [-0.39, 0.29) is 0 Å². The fraction of sp³-hybridized carbons (Fsp3) is 0.136. The van der Waals surface area contributed by atoms with Crippen molar-refractivity contribution in [2.45, 2.75) is 0 Å². The Kier molecular flexibility index (Phi) is 5.40. The molecule has 2 aromatic carbocycles. The van der Waals surface area contributed by atoms with E-state index in [1.165, 1.54) is 0 Å². The second-order valence-corrected chi connectivity index (χ2v) is 6.25. The number of aromatic nitrogens is 3. The number of nitrogens with one attached hydrogen (secondary N) is 2. The third kappa shape index (κ3) is 4.07. The van der Waals surface area contributed by atoms with E-state index in [4.69, 9.17) is 9.72 Å². The minimum absolute atomic E-state index is 0.513. The summed E-state index contributed by atoms with van der Waals surface area (Å²) in [5.74, 6) is 1.25. The molecule has 4 rings (SSSR count). The lowest BCUT2D eigenvalue weighted by atomic mass is 10.1. The molecule has 2 aromatic heterocycles. The van der Waals surface area contributed by atoms with E-state index >= 15 is 0 Å².